The Hall–Kier alpha value is -1.74. The van der Waals surface area contributed by atoms with E-state index in [0.29, 0.717) is 11.5 Å². The molecule has 0 amide bonds. The van der Waals surface area contributed by atoms with Gasteiger partial charge in [-0.05, 0) is 37.3 Å². The molecule has 21 heavy (non-hydrogen) atoms. The Morgan fingerprint density at radius 2 is 1.76 bits per heavy atom. The van der Waals surface area contributed by atoms with Crippen LogP contribution in [0.15, 0.2) is 48.5 Å². The number of hydrogen-bond acceptors (Lipinski definition) is 1. The minimum absolute atomic E-state index is 0.0541. The van der Waals surface area contributed by atoms with Gasteiger partial charge in [-0.25, -0.2) is 8.78 Å². The fourth-order valence-corrected chi connectivity index (χ4v) is 3.11. The monoisotopic (exact) mass is 288 g/mol. The second-order valence-corrected chi connectivity index (χ2v) is 5.68. The Kier molecular flexibility index (Phi) is 4.02. The maximum atomic E-state index is 14.0. The van der Waals surface area contributed by atoms with Crippen molar-refractivity contribution < 1.29 is 13.5 Å². The highest BCUT2D eigenvalue weighted by atomic mass is 19.1. The van der Waals surface area contributed by atoms with E-state index in [1.54, 1.807) is 0 Å². The van der Waals surface area contributed by atoms with Gasteiger partial charge in [0.05, 0.1) is 12.2 Å². The Balaban J connectivity index is 1.86. The summed E-state index contributed by atoms with van der Waals surface area (Å²) in [5.41, 5.74) is 1.70. The third kappa shape index (κ3) is 3.13. The van der Waals surface area contributed by atoms with Crippen LogP contribution in [0.25, 0.3) is 0 Å². The van der Waals surface area contributed by atoms with E-state index >= 15 is 0 Å². The number of rotatable bonds is 2. The van der Waals surface area contributed by atoms with Crippen LogP contribution >= 0.6 is 0 Å². The van der Waals surface area contributed by atoms with E-state index in [4.69, 9.17) is 4.74 Å². The molecule has 1 fully saturated rings. The molecular formula is C18H18F2O. The van der Waals surface area contributed by atoms with Crippen molar-refractivity contribution in [3.05, 3.63) is 71.3 Å². The molecule has 0 radical (unpaired) electrons. The first-order valence-electron chi connectivity index (χ1n) is 7.29. The highest BCUT2D eigenvalue weighted by Crippen LogP contribution is 2.40. The first-order valence-corrected chi connectivity index (χ1v) is 7.29. The molecular weight excluding hydrogens is 270 g/mol. The number of benzene rings is 2. The Morgan fingerprint density at radius 1 is 1.00 bits per heavy atom. The van der Waals surface area contributed by atoms with E-state index in [1.165, 1.54) is 17.7 Å². The molecule has 2 aromatic rings. The molecule has 0 aromatic heterocycles. The van der Waals surface area contributed by atoms with Crippen molar-refractivity contribution in [2.24, 2.45) is 0 Å². The minimum atomic E-state index is -0.556. The molecule has 3 rings (SSSR count). The predicted molar refractivity (Wildman–Crippen MR) is 78.1 cm³/mol. The summed E-state index contributed by atoms with van der Waals surface area (Å²) in [4.78, 5) is 0. The fraction of sp³-hybridized carbons (Fsp3) is 0.333. The van der Waals surface area contributed by atoms with Gasteiger partial charge < -0.3 is 4.74 Å². The predicted octanol–water partition coefficient (Wildman–Crippen LogP) is 4.99. The van der Waals surface area contributed by atoms with Gasteiger partial charge in [-0.1, -0.05) is 36.4 Å². The van der Waals surface area contributed by atoms with Crippen LogP contribution in [-0.4, -0.2) is 6.10 Å². The number of ether oxygens (including phenoxy) is 1. The molecule has 1 heterocycles. The van der Waals surface area contributed by atoms with Crippen molar-refractivity contribution in [1.29, 1.82) is 0 Å². The lowest BCUT2D eigenvalue weighted by molar-refractivity contribution is -0.0516. The first kappa shape index (κ1) is 14.2. The van der Waals surface area contributed by atoms with E-state index in [9.17, 15) is 8.78 Å². The Morgan fingerprint density at radius 3 is 2.48 bits per heavy atom. The van der Waals surface area contributed by atoms with Crippen LogP contribution in [0.4, 0.5) is 8.78 Å². The molecule has 0 N–H and O–H groups in total. The van der Waals surface area contributed by atoms with Gasteiger partial charge in [-0.15, -0.1) is 0 Å². The lowest BCUT2D eigenvalue weighted by Gasteiger charge is -2.34. The summed E-state index contributed by atoms with van der Waals surface area (Å²) in [6.07, 6.45) is 1.37. The second kappa shape index (κ2) is 5.94. The molecule has 0 aliphatic carbocycles. The summed E-state index contributed by atoms with van der Waals surface area (Å²) < 4.78 is 32.9. The molecule has 0 unspecified atom stereocenters. The summed E-state index contributed by atoms with van der Waals surface area (Å²) in [6.45, 7) is 2.00. The van der Waals surface area contributed by atoms with Crippen LogP contribution in [-0.2, 0) is 4.74 Å². The average Bonchev–Trinajstić information content (AvgIpc) is 2.47. The summed E-state index contributed by atoms with van der Waals surface area (Å²) in [5.74, 6) is -0.745. The molecule has 1 nitrogen and oxygen atoms in total. The molecule has 0 saturated carbocycles. The molecule has 1 aliphatic heterocycles. The van der Waals surface area contributed by atoms with Gasteiger partial charge in [0.1, 0.15) is 11.6 Å². The van der Waals surface area contributed by atoms with Crippen LogP contribution < -0.4 is 0 Å². The maximum Gasteiger partial charge on any atom is 0.131 e. The van der Waals surface area contributed by atoms with Gasteiger partial charge in [-0.2, -0.15) is 0 Å². The fourth-order valence-electron chi connectivity index (χ4n) is 3.11. The topological polar surface area (TPSA) is 9.23 Å². The molecule has 1 aliphatic rings. The summed E-state index contributed by atoms with van der Waals surface area (Å²) in [5, 5.41) is 0. The standard InChI is InChI=1S/C18H18F2O/c1-12-9-14(13-5-3-2-4-6-13)10-18(21-12)16-8-7-15(19)11-17(16)20/h2-8,11-12,14,18H,9-10H2,1H3/t12-,14+,18+/m0/s1. The summed E-state index contributed by atoms with van der Waals surface area (Å²) >= 11 is 0. The normalized spacial score (nSPS) is 25.8. The Bertz CT molecular complexity index is 612. The lowest BCUT2D eigenvalue weighted by Crippen LogP contribution is -2.25. The van der Waals surface area contributed by atoms with Crippen molar-refractivity contribution in [2.75, 3.05) is 0 Å². The van der Waals surface area contributed by atoms with E-state index in [2.05, 4.69) is 12.1 Å². The molecule has 3 heteroatoms. The van der Waals surface area contributed by atoms with E-state index in [1.807, 2.05) is 25.1 Å². The van der Waals surface area contributed by atoms with Gasteiger partial charge >= 0.3 is 0 Å². The van der Waals surface area contributed by atoms with E-state index < -0.39 is 11.6 Å². The molecule has 3 atom stereocenters. The maximum absolute atomic E-state index is 14.0. The van der Waals surface area contributed by atoms with Crippen LogP contribution in [0, 0.1) is 11.6 Å². The SMILES string of the molecule is C[C@H]1C[C@@H](c2ccccc2)C[C@H](c2ccc(F)cc2F)O1. The zero-order chi connectivity index (χ0) is 14.8. The van der Waals surface area contributed by atoms with E-state index in [0.717, 1.165) is 18.9 Å². The lowest BCUT2D eigenvalue weighted by atomic mass is 9.84. The summed E-state index contributed by atoms with van der Waals surface area (Å²) in [7, 11) is 0. The van der Waals surface area contributed by atoms with Gasteiger partial charge in [0.15, 0.2) is 0 Å². The van der Waals surface area contributed by atoms with Gasteiger partial charge in [0.25, 0.3) is 0 Å². The number of halogens is 2. The minimum Gasteiger partial charge on any atom is -0.370 e. The van der Waals surface area contributed by atoms with Crippen molar-refractivity contribution in [3.63, 3.8) is 0 Å². The van der Waals surface area contributed by atoms with Crippen molar-refractivity contribution in [2.45, 2.75) is 37.9 Å². The summed E-state index contributed by atoms with van der Waals surface area (Å²) in [6, 6.07) is 13.9. The zero-order valence-corrected chi connectivity index (χ0v) is 11.9. The first-order chi connectivity index (χ1) is 10.1. The highest BCUT2D eigenvalue weighted by molar-refractivity contribution is 5.25. The molecule has 110 valence electrons. The van der Waals surface area contributed by atoms with Gasteiger partial charge in [0.2, 0.25) is 0 Å². The molecule has 2 aromatic carbocycles. The van der Waals surface area contributed by atoms with Crippen LogP contribution in [0.5, 0.6) is 0 Å². The van der Waals surface area contributed by atoms with Crippen molar-refractivity contribution >= 4 is 0 Å². The second-order valence-electron chi connectivity index (χ2n) is 5.68. The smallest absolute Gasteiger partial charge is 0.131 e. The average molecular weight is 288 g/mol. The van der Waals surface area contributed by atoms with Crippen LogP contribution in [0.1, 0.15) is 42.9 Å². The highest BCUT2D eigenvalue weighted by Gasteiger charge is 2.30. The number of hydrogen-bond donors (Lipinski definition) is 0. The molecule has 1 saturated heterocycles. The van der Waals surface area contributed by atoms with Crippen molar-refractivity contribution in [3.8, 4) is 0 Å². The quantitative estimate of drug-likeness (QED) is 0.756. The largest absolute Gasteiger partial charge is 0.370 e. The molecule has 0 spiro atoms. The third-order valence-electron chi connectivity index (χ3n) is 4.09. The van der Waals surface area contributed by atoms with E-state index in [-0.39, 0.29) is 12.2 Å². The Labute approximate surface area is 123 Å². The van der Waals surface area contributed by atoms with Crippen LogP contribution in [0.3, 0.4) is 0 Å². The van der Waals surface area contributed by atoms with Gasteiger partial charge in [-0.3, -0.25) is 0 Å². The van der Waals surface area contributed by atoms with Gasteiger partial charge in [0, 0.05) is 11.6 Å². The van der Waals surface area contributed by atoms with Crippen molar-refractivity contribution in [1.82, 2.24) is 0 Å². The zero-order valence-electron chi connectivity index (χ0n) is 11.9. The van der Waals surface area contributed by atoms with Crippen LogP contribution in [0.2, 0.25) is 0 Å². The third-order valence-corrected chi connectivity index (χ3v) is 4.09. The molecule has 0 bridgehead atoms.